The van der Waals surface area contributed by atoms with E-state index in [1.165, 1.54) is 16.7 Å². The van der Waals surface area contributed by atoms with Crippen LogP contribution in [0.15, 0.2) is 34.1 Å². The van der Waals surface area contributed by atoms with Gasteiger partial charge in [-0.1, -0.05) is 35.5 Å². The maximum atomic E-state index is 4.26. The molecule has 0 saturated carbocycles. The Morgan fingerprint density at radius 2 is 2.20 bits per heavy atom. The summed E-state index contributed by atoms with van der Waals surface area (Å²) in [6.07, 6.45) is 1.86. The van der Waals surface area contributed by atoms with Crippen molar-refractivity contribution in [2.45, 2.75) is 23.9 Å². The number of aryl methyl sites for hydroxylation is 2. The molecule has 15 heavy (non-hydrogen) atoms. The summed E-state index contributed by atoms with van der Waals surface area (Å²) in [5.74, 6) is 1.01. The number of aromatic nitrogens is 1. The van der Waals surface area contributed by atoms with E-state index < -0.39 is 0 Å². The van der Waals surface area contributed by atoms with Crippen molar-refractivity contribution < 1.29 is 0 Å². The first-order chi connectivity index (χ1) is 7.25. The molecule has 0 aliphatic heterocycles. The molecular formula is C12H13NS2. The van der Waals surface area contributed by atoms with Gasteiger partial charge in [0.1, 0.15) is 4.34 Å². The van der Waals surface area contributed by atoms with E-state index in [0.29, 0.717) is 0 Å². The van der Waals surface area contributed by atoms with Gasteiger partial charge in [-0.3, -0.25) is 0 Å². The highest BCUT2D eigenvalue weighted by Crippen LogP contribution is 2.26. The molecule has 0 unspecified atom stereocenters. The first-order valence-corrected chi connectivity index (χ1v) is 6.70. The van der Waals surface area contributed by atoms with Crippen molar-refractivity contribution in [1.82, 2.24) is 4.98 Å². The van der Waals surface area contributed by atoms with Crippen LogP contribution in [0.25, 0.3) is 0 Å². The van der Waals surface area contributed by atoms with Crippen LogP contribution in [-0.4, -0.2) is 4.98 Å². The van der Waals surface area contributed by atoms with Gasteiger partial charge in [0.15, 0.2) is 0 Å². The largest absolute Gasteiger partial charge is 0.238 e. The minimum Gasteiger partial charge on any atom is -0.238 e. The number of hydrogen-bond donors (Lipinski definition) is 0. The summed E-state index contributed by atoms with van der Waals surface area (Å²) in [6, 6.07) is 6.61. The lowest BCUT2D eigenvalue weighted by Gasteiger charge is -2.05. The summed E-state index contributed by atoms with van der Waals surface area (Å²) >= 11 is 3.51. The van der Waals surface area contributed by atoms with E-state index in [0.717, 1.165) is 10.1 Å². The van der Waals surface area contributed by atoms with E-state index in [2.05, 4.69) is 37.0 Å². The molecule has 0 aliphatic carbocycles. The Morgan fingerprint density at radius 1 is 1.33 bits per heavy atom. The van der Waals surface area contributed by atoms with Crippen molar-refractivity contribution in [3.05, 3.63) is 46.5 Å². The van der Waals surface area contributed by atoms with Gasteiger partial charge in [-0.2, -0.15) is 0 Å². The highest BCUT2D eigenvalue weighted by atomic mass is 32.2. The van der Waals surface area contributed by atoms with E-state index in [9.17, 15) is 0 Å². The van der Waals surface area contributed by atoms with Crippen molar-refractivity contribution in [3.63, 3.8) is 0 Å². The lowest BCUT2D eigenvalue weighted by atomic mass is 10.1. The van der Waals surface area contributed by atoms with Crippen LogP contribution < -0.4 is 0 Å². The molecule has 0 atom stereocenters. The molecule has 2 aromatic rings. The van der Waals surface area contributed by atoms with E-state index in [1.807, 2.05) is 23.3 Å². The number of thioether (sulfide) groups is 1. The van der Waals surface area contributed by atoms with Crippen LogP contribution in [0, 0.1) is 13.8 Å². The van der Waals surface area contributed by atoms with Crippen LogP contribution in [0.5, 0.6) is 0 Å². The quantitative estimate of drug-likeness (QED) is 0.744. The third kappa shape index (κ3) is 2.83. The SMILES string of the molecule is Cc1ccc(C)c(CSc2nccs2)c1. The third-order valence-electron chi connectivity index (χ3n) is 2.27. The second kappa shape index (κ2) is 4.81. The average Bonchev–Trinajstić information content (AvgIpc) is 2.72. The molecule has 0 bridgehead atoms. The van der Waals surface area contributed by atoms with Gasteiger partial charge in [-0.25, -0.2) is 4.98 Å². The zero-order valence-electron chi connectivity index (χ0n) is 8.86. The molecule has 0 fully saturated rings. The van der Waals surface area contributed by atoms with Crippen LogP contribution in [-0.2, 0) is 5.75 Å². The van der Waals surface area contributed by atoms with Crippen LogP contribution >= 0.6 is 23.1 Å². The molecule has 1 heterocycles. The highest BCUT2D eigenvalue weighted by Gasteiger charge is 2.01. The van der Waals surface area contributed by atoms with Gasteiger partial charge < -0.3 is 0 Å². The predicted molar refractivity (Wildman–Crippen MR) is 67.6 cm³/mol. The van der Waals surface area contributed by atoms with Crippen molar-refractivity contribution in [3.8, 4) is 0 Å². The Morgan fingerprint density at radius 3 is 2.93 bits per heavy atom. The van der Waals surface area contributed by atoms with Gasteiger partial charge in [0.2, 0.25) is 0 Å². The first kappa shape index (κ1) is 10.7. The van der Waals surface area contributed by atoms with Gasteiger partial charge >= 0.3 is 0 Å². The fourth-order valence-corrected chi connectivity index (χ4v) is 3.08. The maximum absolute atomic E-state index is 4.26. The Labute approximate surface area is 98.6 Å². The van der Waals surface area contributed by atoms with Crippen LogP contribution in [0.1, 0.15) is 16.7 Å². The summed E-state index contributed by atoms with van der Waals surface area (Å²) in [6.45, 7) is 4.30. The highest BCUT2D eigenvalue weighted by molar-refractivity contribution is 8.00. The van der Waals surface area contributed by atoms with Crippen LogP contribution in [0.4, 0.5) is 0 Å². The van der Waals surface area contributed by atoms with Gasteiger partial charge in [-0.15, -0.1) is 11.3 Å². The third-order valence-corrected chi connectivity index (χ3v) is 4.28. The number of benzene rings is 1. The Hall–Kier alpha value is -0.800. The number of hydrogen-bond acceptors (Lipinski definition) is 3. The molecule has 0 aliphatic rings. The van der Waals surface area contributed by atoms with E-state index in [-0.39, 0.29) is 0 Å². The fourth-order valence-electron chi connectivity index (χ4n) is 1.38. The fraction of sp³-hybridized carbons (Fsp3) is 0.250. The number of rotatable bonds is 3. The Kier molecular flexibility index (Phi) is 3.44. The molecule has 0 N–H and O–H groups in total. The summed E-state index contributed by atoms with van der Waals surface area (Å²) in [5.41, 5.74) is 4.11. The van der Waals surface area contributed by atoms with Crippen molar-refractivity contribution in [2.75, 3.05) is 0 Å². The zero-order valence-corrected chi connectivity index (χ0v) is 10.5. The zero-order chi connectivity index (χ0) is 10.7. The molecule has 2 rings (SSSR count). The summed E-state index contributed by atoms with van der Waals surface area (Å²) in [7, 11) is 0. The van der Waals surface area contributed by atoms with Gasteiger partial charge in [0.05, 0.1) is 0 Å². The first-order valence-electron chi connectivity index (χ1n) is 4.84. The molecule has 0 spiro atoms. The van der Waals surface area contributed by atoms with Gasteiger partial charge in [0, 0.05) is 17.3 Å². The van der Waals surface area contributed by atoms with E-state index in [4.69, 9.17) is 0 Å². The van der Waals surface area contributed by atoms with Crippen LogP contribution in [0.3, 0.4) is 0 Å². The van der Waals surface area contributed by atoms with E-state index >= 15 is 0 Å². The Balaban J connectivity index is 2.07. The molecular weight excluding hydrogens is 222 g/mol. The molecule has 0 saturated heterocycles. The molecule has 0 radical (unpaired) electrons. The van der Waals surface area contributed by atoms with Gasteiger partial charge in [-0.05, 0) is 25.0 Å². The lowest BCUT2D eigenvalue weighted by Crippen LogP contribution is -1.87. The molecule has 1 aromatic heterocycles. The normalized spacial score (nSPS) is 10.5. The number of thiazole rings is 1. The summed E-state index contributed by atoms with van der Waals surface area (Å²) < 4.78 is 1.15. The second-order valence-corrected chi connectivity index (χ2v) is 5.63. The number of nitrogens with zero attached hydrogens (tertiary/aromatic N) is 1. The molecule has 1 nitrogen and oxygen atoms in total. The average molecular weight is 235 g/mol. The summed E-state index contributed by atoms with van der Waals surface area (Å²) in [4.78, 5) is 4.26. The standard InChI is InChI=1S/C12H13NS2/c1-9-3-4-10(2)11(7-9)8-15-12-13-5-6-14-12/h3-7H,8H2,1-2H3. The lowest BCUT2D eigenvalue weighted by molar-refractivity contribution is 1.23. The predicted octanol–water partition coefficient (Wildman–Crippen LogP) is 4.05. The topological polar surface area (TPSA) is 12.9 Å². The van der Waals surface area contributed by atoms with Crippen molar-refractivity contribution >= 4 is 23.1 Å². The van der Waals surface area contributed by atoms with Crippen molar-refractivity contribution in [1.29, 1.82) is 0 Å². The summed E-state index contributed by atoms with van der Waals surface area (Å²) in [5, 5.41) is 2.02. The van der Waals surface area contributed by atoms with Gasteiger partial charge in [0.25, 0.3) is 0 Å². The monoisotopic (exact) mass is 235 g/mol. The molecule has 1 aromatic carbocycles. The minimum atomic E-state index is 1.01. The van der Waals surface area contributed by atoms with Crippen LogP contribution in [0.2, 0.25) is 0 Å². The molecule has 78 valence electrons. The molecule has 0 amide bonds. The van der Waals surface area contributed by atoms with Crippen molar-refractivity contribution in [2.24, 2.45) is 0 Å². The molecule has 3 heteroatoms. The minimum absolute atomic E-state index is 1.01. The second-order valence-electron chi connectivity index (χ2n) is 3.52. The maximum Gasteiger partial charge on any atom is 0.150 e. The Bertz CT molecular complexity index is 435. The van der Waals surface area contributed by atoms with E-state index in [1.54, 1.807) is 11.3 Å². The smallest absolute Gasteiger partial charge is 0.150 e.